The summed E-state index contributed by atoms with van der Waals surface area (Å²) in [5.41, 5.74) is 0.202. The summed E-state index contributed by atoms with van der Waals surface area (Å²) in [4.78, 5) is 13.7. The van der Waals surface area contributed by atoms with Gasteiger partial charge in [0.1, 0.15) is 0 Å². The second-order valence-corrected chi connectivity index (χ2v) is 5.29. The van der Waals surface area contributed by atoms with Crippen molar-refractivity contribution in [1.82, 2.24) is 10.2 Å². The van der Waals surface area contributed by atoms with Crippen molar-refractivity contribution in [3.63, 3.8) is 0 Å². The molecule has 1 saturated carbocycles. The zero-order valence-corrected chi connectivity index (χ0v) is 10.8. The molecule has 0 spiro atoms. The summed E-state index contributed by atoms with van der Waals surface area (Å²) in [7, 11) is 0. The third-order valence-electron chi connectivity index (χ3n) is 4.13. The van der Waals surface area contributed by atoms with Gasteiger partial charge in [-0.05, 0) is 12.8 Å². The molecule has 4 heteroatoms. The molecule has 98 valence electrons. The highest BCUT2D eigenvalue weighted by atomic mass is 16.5. The Morgan fingerprint density at radius 2 is 1.88 bits per heavy atom. The first-order valence-electron chi connectivity index (χ1n) is 6.80. The molecule has 0 unspecified atom stereocenters. The van der Waals surface area contributed by atoms with E-state index in [0.29, 0.717) is 0 Å². The van der Waals surface area contributed by atoms with Crippen molar-refractivity contribution in [2.45, 2.75) is 44.6 Å². The number of carbonyl (C=O) groups excluding carboxylic acids is 1. The lowest BCUT2D eigenvalue weighted by atomic mass is 9.79. The molecule has 0 aromatic heterocycles. The zero-order valence-electron chi connectivity index (χ0n) is 10.8. The number of nitrogens with zero attached hydrogens (tertiary/aromatic N) is 1. The average molecular weight is 240 g/mol. The number of carbonyl (C=O) groups is 1. The summed E-state index contributed by atoms with van der Waals surface area (Å²) >= 11 is 0. The molecule has 17 heavy (non-hydrogen) atoms. The summed E-state index contributed by atoms with van der Waals surface area (Å²) in [6.07, 6.45) is 6.35. The third kappa shape index (κ3) is 3.19. The first kappa shape index (κ1) is 12.8. The second-order valence-electron chi connectivity index (χ2n) is 5.29. The van der Waals surface area contributed by atoms with E-state index in [9.17, 15) is 4.79 Å². The van der Waals surface area contributed by atoms with Gasteiger partial charge in [-0.2, -0.15) is 0 Å². The van der Waals surface area contributed by atoms with Crippen molar-refractivity contribution in [3.8, 4) is 0 Å². The topological polar surface area (TPSA) is 41.6 Å². The summed E-state index contributed by atoms with van der Waals surface area (Å²) < 4.78 is 5.43. The van der Waals surface area contributed by atoms with Gasteiger partial charge in [0.15, 0.2) is 0 Å². The largest absolute Gasteiger partial charge is 0.379 e. The molecule has 1 heterocycles. The van der Waals surface area contributed by atoms with Crippen molar-refractivity contribution in [3.05, 3.63) is 0 Å². The number of ether oxygens (including phenoxy) is 1. The van der Waals surface area contributed by atoms with E-state index in [0.717, 1.165) is 32.8 Å². The second kappa shape index (κ2) is 5.83. The fraction of sp³-hybridized carbons (Fsp3) is 0.923. The van der Waals surface area contributed by atoms with Crippen LogP contribution in [0, 0.1) is 0 Å². The molecule has 1 saturated heterocycles. The van der Waals surface area contributed by atoms with Gasteiger partial charge in [0, 0.05) is 32.1 Å². The molecule has 1 aliphatic heterocycles. The number of rotatable bonds is 3. The standard InChI is InChI=1S/C13H24N2O2/c1-12(16)14-11-13(5-3-2-4-6-13)15-7-9-17-10-8-15/h2-11H2,1H3,(H,14,16). The molecule has 2 rings (SSSR count). The molecule has 1 aliphatic carbocycles. The van der Waals surface area contributed by atoms with E-state index in [4.69, 9.17) is 4.74 Å². The van der Waals surface area contributed by atoms with Crippen LogP contribution in [0.15, 0.2) is 0 Å². The van der Waals surface area contributed by atoms with Crippen LogP contribution in [0.4, 0.5) is 0 Å². The van der Waals surface area contributed by atoms with E-state index >= 15 is 0 Å². The molecular weight excluding hydrogens is 216 g/mol. The Morgan fingerprint density at radius 3 is 2.47 bits per heavy atom. The summed E-state index contributed by atoms with van der Waals surface area (Å²) in [6.45, 7) is 6.11. The van der Waals surface area contributed by atoms with E-state index in [1.807, 2.05) is 0 Å². The molecule has 0 bridgehead atoms. The molecule has 0 atom stereocenters. The minimum Gasteiger partial charge on any atom is -0.379 e. The minimum atomic E-state index is 0.0863. The number of hydrogen-bond acceptors (Lipinski definition) is 3. The highest BCUT2D eigenvalue weighted by Gasteiger charge is 2.38. The summed E-state index contributed by atoms with van der Waals surface area (Å²) in [6, 6.07) is 0. The Morgan fingerprint density at radius 1 is 1.24 bits per heavy atom. The van der Waals surface area contributed by atoms with Crippen LogP contribution in [-0.2, 0) is 9.53 Å². The first-order chi connectivity index (χ1) is 8.23. The molecule has 2 aliphatic rings. The third-order valence-corrected chi connectivity index (χ3v) is 4.13. The number of morpholine rings is 1. The van der Waals surface area contributed by atoms with E-state index in [1.54, 1.807) is 6.92 Å². The van der Waals surface area contributed by atoms with Crippen LogP contribution in [0.25, 0.3) is 0 Å². The Hall–Kier alpha value is -0.610. The van der Waals surface area contributed by atoms with E-state index < -0.39 is 0 Å². The van der Waals surface area contributed by atoms with Crippen LogP contribution in [0.1, 0.15) is 39.0 Å². The van der Waals surface area contributed by atoms with Crippen LogP contribution < -0.4 is 5.32 Å². The van der Waals surface area contributed by atoms with Crippen molar-refractivity contribution < 1.29 is 9.53 Å². The van der Waals surface area contributed by atoms with Gasteiger partial charge in [0.05, 0.1) is 13.2 Å². The lowest BCUT2D eigenvalue weighted by Gasteiger charge is -2.48. The van der Waals surface area contributed by atoms with Crippen molar-refractivity contribution in [2.24, 2.45) is 0 Å². The average Bonchev–Trinajstić information content (AvgIpc) is 2.39. The van der Waals surface area contributed by atoms with E-state index in [2.05, 4.69) is 10.2 Å². The van der Waals surface area contributed by atoms with Gasteiger partial charge in [0.2, 0.25) is 5.91 Å². The highest BCUT2D eigenvalue weighted by Crippen LogP contribution is 2.33. The van der Waals surface area contributed by atoms with Crippen molar-refractivity contribution in [1.29, 1.82) is 0 Å². The predicted molar refractivity (Wildman–Crippen MR) is 66.9 cm³/mol. The predicted octanol–water partition coefficient (Wildman–Crippen LogP) is 1.16. The van der Waals surface area contributed by atoms with Crippen molar-refractivity contribution >= 4 is 5.91 Å². The van der Waals surface area contributed by atoms with Crippen LogP contribution in [-0.4, -0.2) is 49.2 Å². The minimum absolute atomic E-state index is 0.0863. The van der Waals surface area contributed by atoms with Gasteiger partial charge in [0.25, 0.3) is 0 Å². The maximum Gasteiger partial charge on any atom is 0.216 e. The Bertz CT molecular complexity index is 256. The zero-order chi connectivity index (χ0) is 12.1. The molecule has 0 aromatic rings. The number of nitrogens with one attached hydrogen (secondary N) is 1. The van der Waals surface area contributed by atoms with E-state index in [-0.39, 0.29) is 11.4 Å². The smallest absolute Gasteiger partial charge is 0.216 e. The normalized spacial score (nSPS) is 25.5. The monoisotopic (exact) mass is 240 g/mol. The van der Waals surface area contributed by atoms with Gasteiger partial charge in [-0.25, -0.2) is 0 Å². The highest BCUT2D eigenvalue weighted by molar-refractivity contribution is 5.72. The lowest BCUT2D eigenvalue weighted by molar-refractivity contribution is -0.120. The van der Waals surface area contributed by atoms with Gasteiger partial charge in [-0.15, -0.1) is 0 Å². The van der Waals surface area contributed by atoms with Gasteiger partial charge >= 0.3 is 0 Å². The van der Waals surface area contributed by atoms with Crippen LogP contribution in [0.3, 0.4) is 0 Å². The molecular formula is C13H24N2O2. The Labute approximate surface area is 104 Å². The first-order valence-corrected chi connectivity index (χ1v) is 6.80. The summed E-state index contributed by atoms with van der Waals surface area (Å²) in [5, 5.41) is 3.03. The molecule has 0 radical (unpaired) electrons. The SMILES string of the molecule is CC(=O)NCC1(N2CCOCC2)CCCCC1. The maximum atomic E-state index is 11.2. The quantitative estimate of drug-likeness (QED) is 0.805. The fourth-order valence-electron chi connectivity index (χ4n) is 3.14. The fourth-order valence-corrected chi connectivity index (χ4v) is 3.14. The van der Waals surface area contributed by atoms with Gasteiger partial charge in [-0.3, -0.25) is 9.69 Å². The Kier molecular flexibility index (Phi) is 4.40. The number of amides is 1. The number of hydrogen-bond donors (Lipinski definition) is 1. The molecule has 1 amide bonds. The van der Waals surface area contributed by atoms with Gasteiger partial charge in [-0.1, -0.05) is 19.3 Å². The van der Waals surface area contributed by atoms with Crippen LogP contribution in [0.5, 0.6) is 0 Å². The van der Waals surface area contributed by atoms with Gasteiger partial charge < -0.3 is 10.1 Å². The molecule has 0 aromatic carbocycles. The van der Waals surface area contributed by atoms with E-state index in [1.165, 1.54) is 32.1 Å². The van der Waals surface area contributed by atoms with Crippen LogP contribution >= 0.6 is 0 Å². The Balaban J connectivity index is 2.01. The molecule has 2 fully saturated rings. The summed E-state index contributed by atoms with van der Waals surface area (Å²) in [5.74, 6) is 0.0863. The van der Waals surface area contributed by atoms with Crippen LogP contribution in [0.2, 0.25) is 0 Å². The maximum absolute atomic E-state index is 11.2. The molecule has 4 nitrogen and oxygen atoms in total. The molecule has 1 N–H and O–H groups in total. The lowest BCUT2D eigenvalue weighted by Crippen LogP contribution is -2.59. The van der Waals surface area contributed by atoms with Crippen molar-refractivity contribution in [2.75, 3.05) is 32.8 Å².